The highest BCUT2D eigenvalue weighted by molar-refractivity contribution is 6.05. The molecule has 4 aromatic carbocycles. The molecular weight excluding hydrogens is 398 g/mol. The van der Waals surface area contributed by atoms with Crippen molar-refractivity contribution in [3.05, 3.63) is 95.6 Å². The smallest absolute Gasteiger partial charge is 0.251 e. The quantitative estimate of drug-likeness (QED) is 0.393. The Morgan fingerprint density at radius 2 is 1.50 bits per heavy atom. The zero-order valence-electron chi connectivity index (χ0n) is 18.8. The van der Waals surface area contributed by atoms with Gasteiger partial charge < -0.3 is 14.8 Å². The molecule has 4 aromatic rings. The second-order valence-corrected chi connectivity index (χ2v) is 7.92. The van der Waals surface area contributed by atoms with E-state index in [1.165, 1.54) is 5.56 Å². The van der Waals surface area contributed by atoms with Crippen LogP contribution >= 0.6 is 0 Å². The number of nitrogens with one attached hydrogen (secondary N) is 1. The lowest BCUT2D eigenvalue weighted by atomic mass is 9.94. The average molecular weight is 426 g/mol. The summed E-state index contributed by atoms with van der Waals surface area (Å²) in [5, 5.41) is 5.04. The highest BCUT2D eigenvalue weighted by atomic mass is 16.5. The molecule has 1 amide bonds. The molecule has 0 aliphatic heterocycles. The van der Waals surface area contributed by atoms with Crippen molar-refractivity contribution in [2.75, 3.05) is 14.2 Å². The molecule has 0 aliphatic rings. The zero-order chi connectivity index (χ0) is 22.7. The molecule has 1 N–H and O–H groups in total. The molecule has 4 rings (SSSR count). The van der Waals surface area contributed by atoms with Crippen LogP contribution in [-0.4, -0.2) is 20.1 Å². The van der Waals surface area contributed by atoms with Crippen LogP contribution in [-0.2, 0) is 0 Å². The molecule has 0 aliphatic carbocycles. The zero-order valence-corrected chi connectivity index (χ0v) is 18.8. The largest absolute Gasteiger partial charge is 0.493 e. The number of amides is 1. The first-order valence-corrected chi connectivity index (χ1v) is 10.6. The summed E-state index contributed by atoms with van der Waals surface area (Å²) in [6.07, 6.45) is 0. The van der Waals surface area contributed by atoms with Gasteiger partial charge in [-0.05, 0) is 65.6 Å². The van der Waals surface area contributed by atoms with Crippen molar-refractivity contribution in [2.45, 2.75) is 19.9 Å². The second kappa shape index (κ2) is 9.15. The van der Waals surface area contributed by atoms with E-state index in [1.807, 2.05) is 61.5 Å². The molecular formula is C28H27NO3. The van der Waals surface area contributed by atoms with Crippen molar-refractivity contribution in [1.82, 2.24) is 5.32 Å². The SMILES string of the molecule is COc1cc2cc(C(=O)N[C@@H](C)c3ccccc3)cc(-c3ccc(C)cc3)c2cc1OC. The first-order valence-electron chi connectivity index (χ1n) is 10.6. The maximum atomic E-state index is 13.2. The molecule has 0 unspecified atom stereocenters. The first kappa shape index (κ1) is 21.4. The highest BCUT2D eigenvalue weighted by Crippen LogP contribution is 2.38. The summed E-state index contributed by atoms with van der Waals surface area (Å²) in [5.74, 6) is 1.17. The van der Waals surface area contributed by atoms with Gasteiger partial charge in [-0.1, -0.05) is 60.2 Å². The molecule has 0 fully saturated rings. The Morgan fingerprint density at radius 3 is 2.16 bits per heavy atom. The molecule has 0 aromatic heterocycles. The maximum Gasteiger partial charge on any atom is 0.251 e. The third-order valence-corrected chi connectivity index (χ3v) is 5.73. The molecule has 32 heavy (non-hydrogen) atoms. The first-order chi connectivity index (χ1) is 15.5. The van der Waals surface area contributed by atoms with Crippen LogP contribution in [0.3, 0.4) is 0 Å². The van der Waals surface area contributed by atoms with E-state index < -0.39 is 0 Å². The van der Waals surface area contributed by atoms with Crippen LogP contribution < -0.4 is 14.8 Å². The summed E-state index contributed by atoms with van der Waals surface area (Å²) in [6.45, 7) is 4.05. The van der Waals surface area contributed by atoms with E-state index in [-0.39, 0.29) is 11.9 Å². The van der Waals surface area contributed by atoms with Crippen LogP contribution in [0.2, 0.25) is 0 Å². The van der Waals surface area contributed by atoms with E-state index >= 15 is 0 Å². The van der Waals surface area contributed by atoms with E-state index in [0.717, 1.165) is 27.5 Å². The Morgan fingerprint density at radius 1 is 0.844 bits per heavy atom. The fourth-order valence-corrected chi connectivity index (χ4v) is 3.90. The maximum absolute atomic E-state index is 13.2. The summed E-state index contributed by atoms with van der Waals surface area (Å²) in [6, 6.07) is 25.9. The molecule has 1 atom stereocenters. The van der Waals surface area contributed by atoms with Gasteiger partial charge in [-0.25, -0.2) is 0 Å². The average Bonchev–Trinajstić information content (AvgIpc) is 2.83. The highest BCUT2D eigenvalue weighted by Gasteiger charge is 2.17. The molecule has 0 bridgehead atoms. The summed E-state index contributed by atoms with van der Waals surface area (Å²) >= 11 is 0. The minimum absolute atomic E-state index is 0.104. The molecule has 4 nitrogen and oxygen atoms in total. The molecule has 4 heteroatoms. The van der Waals surface area contributed by atoms with Gasteiger partial charge in [0, 0.05) is 5.56 Å². The Kier molecular flexibility index (Phi) is 6.13. The van der Waals surface area contributed by atoms with Gasteiger partial charge in [-0.2, -0.15) is 0 Å². The van der Waals surface area contributed by atoms with Gasteiger partial charge >= 0.3 is 0 Å². The number of ether oxygens (including phenoxy) is 2. The van der Waals surface area contributed by atoms with Crippen LogP contribution in [0.1, 0.15) is 34.5 Å². The van der Waals surface area contributed by atoms with E-state index in [2.05, 4.69) is 36.5 Å². The van der Waals surface area contributed by atoms with Gasteiger partial charge in [0.15, 0.2) is 11.5 Å². The minimum Gasteiger partial charge on any atom is -0.493 e. The van der Waals surface area contributed by atoms with Gasteiger partial charge in [0.1, 0.15) is 0 Å². The van der Waals surface area contributed by atoms with E-state index in [9.17, 15) is 4.79 Å². The Labute approximate surface area is 188 Å². The lowest BCUT2D eigenvalue weighted by molar-refractivity contribution is 0.0940. The molecule has 162 valence electrons. The van der Waals surface area contributed by atoms with Crippen LogP contribution in [0.4, 0.5) is 0 Å². The number of benzene rings is 4. The van der Waals surface area contributed by atoms with Crippen molar-refractivity contribution in [1.29, 1.82) is 0 Å². The van der Waals surface area contributed by atoms with E-state index in [1.54, 1.807) is 14.2 Å². The number of carbonyl (C=O) groups is 1. The van der Waals surface area contributed by atoms with Crippen molar-refractivity contribution >= 4 is 16.7 Å². The molecule has 0 saturated carbocycles. The van der Waals surface area contributed by atoms with Crippen molar-refractivity contribution in [2.24, 2.45) is 0 Å². The molecule has 0 heterocycles. The number of hydrogen-bond donors (Lipinski definition) is 1. The van der Waals surface area contributed by atoms with Crippen molar-refractivity contribution in [3.8, 4) is 22.6 Å². The third kappa shape index (κ3) is 4.30. The monoisotopic (exact) mass is 425 g/mol. The fourth-order valence-electron chi connectivity index (χ4n) is 3.90. The van der Waals surface area contributed by atoms with Crippen LogP contribution in [0.15, 0.2) is 78.9 Å². The number of carbonyl (C=O) groups excluding carboxylic acids is 1. The number of aryl methyl sites for hydroxylation is 1. The molecule has 0 spiro atoms. The lowest BCUT2D eigenvalue weighted by Crippen LogP contribution is -2.26. The Bertz CT molecular complexity index is 1250. The third-order valence-electron chi connectivity index (χ3n) is 5.73. The molecule has 0 saturated heterocycles. The minimum atomic E-state index is -0.119. The second-order valence-electron chi connectivity index (χ2n) is 7.92. The Hall–Kier alpha value is -3.79. The predicted octanol–water partition coefficient (Wildman–Crippen LogP) is 6.32. The lowest BCUT2D eigenvalue weighted by Gasteiger charge is -2.17. The summed E-state index contributed by atoms with van der Waals surface area (Å²) in [4.78, 5) is 13.2. The van der Waals surface area contributed by atoms with Crippen molar-refractivity contribution < 1.29 is 14.3 Å². The molecule has 0 radical (unpaired) electrons. The number of methoxy groups -OCH3 is 2. The normalized spacial score (nSPS) is 11.8. The van der Waals surface area contributed by atoms with E-state index in [0.29, 0.717) is 17.1 Å². The number of hydrogen-bond acceptors (Lipinski definition) is 3. The van der Waals surface area contributed by atoms with Crippen molar-refractivity contribution in [3.63, 3.8) is 0 Å². The fraction of sp³-hybridized carbons (Fsp3) is 0.179. The van der Waals surface area contributed by atoms with Crippen LogP contribution in [0, 0.1) is 6.92 Å². The van der Waals surface area contributed by atoms with Gasteiger partial charge in [0.25, 0.3) is 5.91 Å². The number of fused-ring (bicyclic) bond motifs is 1. The standard InChI is InChI=1S/C28H27NO3/c1-18-10-12-21(13-11-18)24-15-23(28(30)29-19(2)20-8-6-5-7-9-20)14-22-16-26(31-3)27(32-4)17-25(22)24/h5-17,19H,1-4H3,(H,29,30)/t19-/m0/s1. The van der Waals surface area contributed by atoms with E-state index in [4.69, 9.17) is 9.47 Å². The van der Waals surface area contributed by atoms with Gasteiger partial charge in [-0.3, -0.25) is 4.79 Å². The van der Waals surface area contributed by atoms with Gasteiger partial charge in [0.2, 0.25) is 0 Å². The van der Waals surface area contributed by atoms with Gasteiger partial charge in [0.05, 0.1) is 20.3 Å². The Balaban J connectivity index is 1.82. The summed E-state index contributed by atoms with van der Waals surface area (Å²) in [7, 11) is 3.24. The number of rotatable bonds is 6. The van der Waals surface area contributed by atoms with Crippen LogP contribution in [0.5, 0.6) is 11.5 Å². The van der Waals surface area contributed by atoms with Crippen LogP contribution in [0.25, 0.3) is 21.9 Å². The summed E-state index contributed by atoms with van der Waals surface area (Å²) < 4.78 is 11.0. The van der Waals surface area contributed by atoms with Gasteiger partial charge in [-0.15, -0.1) is 0 Å². The topological polar surface area (TPSA) is 47.6 Å². The summed E-state index contributed by atoms with van der Waals surface area (Å²) in [5.41, 5.74) is 4.86. The predicted molar refractivity (Wildman–Crippen MR) is 130 cm³/mol.